The van der Waals surface area contributed by atoms with E-state index >= 15 is 0 Å². The lowest BCUT2D eigenvalue weighted by atomic mass is 10.3. The topological polar surface area (TPSA) is 99.8 Å². The summed E-state index contributed by atoms with van der Waals surface area (Å²) < 4.78 is 14.6. The van der Waals surface area contributed by atoms with Crippen molar-refractivity contribution in [2.75, 3.05) is 10.6 Å². The molecule has 2 rings (SSSR count). The lowest BCUT2D eigenvalue weighted by molar-refractivity contribution is -0.133. The molecule has 2 amide bonds. The van der Waals surface area contributed by atoms with Crippen LogP contribution >= 0.6 is 15.9 Å². The summed E-state index contributed by atoms with van der Waals surface area (Å²) in [7, 11) is 0. The van der Waals surface area contributed by atoms with Crippen molar-refractivity contribution in [3.05, 3.63) is 40.9 Å². The van der Waals surface area contributed by atoms with Crippen LogP contribution in [0.2, 0.25) is 0 Å². The smallest absolute Gasteiger partial charge is 0.314 e. The SMILES string of the molecule is N#CCn1cc(NC(=O)C(=O)Nc2ccc(F)cc2Br)cn1. The van der Waals surface area contributed by atoms with Crippen molar-refractivity contribution in [1.82, 2.24) is 9.78 Å². The molecule has 0 unspecified atom stereocenters. The molecule has 0 saturated carbocycles. The van der Waals surface area contributed by atoms with E-state index in [2.05, 4.69) is 31.7 Å². The molecule has 2 N–H and O–H groups in total. The summed E-state index contributed by atoms with van der Waals surface area (Å²) in [5.74, 6) is -2.30. The number of anilines is 2. The third-order valence-electron chi connectivity index (χ3n) is 2.51. The number of hydrogen-bond acceptors (Lipinski definition) is 4. The zero-order chi connectivity index (χ0) is 16.1. The highest BCUT2D eigenvalue weighted by Crippen LogP contribution is 2.22. The van der Waals surface area contributed by atoms with Crippen LogP contribution in [0, 0.1) is 17.1 Å². The first kappa shape index (κ1) is 15.7. The lowest BCUT2D eigenvalue weighted by Gasteiger charge is -2.07. The first-order valence-electron chi connectivity index (χ1n) is 5.96. The van der Waals surface area contributed by atoms with Gasteiger partial charge in [-0.2, -0.15) is 10.4 Å². The van der Waals surface area contributed by atoms with E-state index < -0.39 is 17.6 Å². The molecule has 0 fully saturated rings. The fourth-order valence-corrected chi connectivity index (χ4v) is 1.99. The molecule has 0 saturated heterocycles. The largest absolute Gasteiger partial charge is 0.317 e. The minimum Gasteiger partial charge on any atom is -0.317 e. The van der Waals surface area contributed by atoms with Gasteiger partial charge >= 0.3 is 11.8 Å². The molecule has 9 heteroatoms. The first-order chi connectivity index (χ1) is 10.5. The molecule has 0 aliphatic rings. The van der Waals surface area contributed by atoms with Crippen molar-refractivity contribution in [3.63, 3.8) is 0 Å². The van der Waals surface area contributed by atoms with E-state index in [1.807, 2.05) is 6.07 Å². The van der Waals surface area contributed by atoms with Gasteiger partial charge in [0, 0.05) is 10.7 Å². The average molecular weight is 366 g/mol. The second-order valence-corrected chi connectivity index (χ2v) is 4.97. The van der Waals surface area contributed by atoms with Crippen molar-refractivity contribution in [2.45, 2.75) is 6.54 Å². The molecule has 112 valence electrons. The van der Waals surface area contributed by atoms with Gasteiger partial charge in [0.1, 0.15) is 12.4 Å². The molecule has 0 aliphatic carbocycles. The summed E-state index contributed by atoms with van der Waals surface area (Å²) in [4.78, 5) is 23.5. The summed E-state index contributed by atoms with van der Waals surface area (Å²) in [5, 5.41) is 17.0. The van der Waals surface area contributed by atoms with E-state index in [0.717, 1.165) is 6.07 Å². The normalized spacial score (nSPS) is 9.86. The van der Waals surface area contributed by atoms with Gasteiger partial charge in [0.25, 0.3) is 0 Å². The Balaban J connectivity index is 1.99. The molecule has 0 aliphatic heterocycles. The molecule has 1 heterocycles. The molecule has 0 spiro atoms. The summed E-state index contributed by atoms with van der Waals surface area (Å²) in [6.45, 7) is 0.0323. The molecule has 22 heavy (non-hydrogen) atoms. The second kappa shape index (κ2) is 6.82. The Morgan fingerprint density at radius 3 is 2.77 bits per heavy atom. The Morgan fingerprint density at radius 1 is 1.36 bits per heavy atom. The van der Waals surface area contributed by atoms with Gasteiger partial charge in [-0.1, -0.05) is 0 Å². The van der Waals surface area contributed by atoms with E-state index in [9.17, 15) is 14.0 Å². The number of hydrogen-bond donors (Lipinski definition) is 2. The number of halogens is 2. The van der Waals surface area contributed by atoms with Gasteiger partial charge in [-0.25, -0.2) is 4.39 Å². The monoisotopic (exact) mass is 365 g/mol. The maximum Gasteiger partial charge on any atom is 0.314 e. The Bertz CT molecular complexity index is 768. The summed E-state index contributed by atoms with van der Waals surface area (Å²) in [6, 6.07) is 5.54. The van der Waals surface area contributed by atoms with Crippen molar-refractivity contribution in [3.8, 4) is 6.07 Å². The van der Waals surface area contributed by atoms with E-state index in [4.69, 9.17) is 5.26 Å². The van der Waals surface area contributed by atoms with Crippen LogP contribution in [0.4, 0.5) is 15.8 Å². The van der Waals surface area contributed by atoms with E-state index in [1.165, 1.54) is 29.2 Å². The van der Waals surface area contributed by atoms with Crippen LogP contribution in [0.15, 0.2) is 35.1 Å². The maximum absolute atomic E-state index is 12.9. The molecule has 1 aromatic heterocycles. The minimum atomic E-state index is -0.916. The number of amides is 2. The Kier molecular flexibility index (Phi) is 4.85. The number of carbonyl (C=O) groups is 2. The van der Waals surface area contributed by atoms with Crippen LogP contribution in [0.1, 0.15) is 0 Å². The number of nitriles is 1. The third kappa shape index (κ3) is 3.89. The van der Waals surface area contributed by atoms with Gasteiger partial charge in [-0.05, 0) is 34.1 Å². The third-order valence-corrected chi connectivity index (χ3v) is 3.17. The van der Waals surface area contributed by atoms with Crippen molar-refractivity contribution in [1.29, 1.82) is 5.26 Å². The van der Waals surface area contributed by atoms with Gasteiger partial charge in [0.05, 0.1) is 23.6 Å². The number of nitrogens with one attached hydrogen (secondary N) is 2. The molecular formula is C13H9BrFN5O2. The van der Waals surface area contributed by atoms with Crippen molar-refractivity contribution >= 4 is 39.1 Å². The van der Waals surface area contributed by atoms with Crippen LogP contribution in [-0.4, -0.2) is 21.6 Å². The highest BCUT2D eigenvalue weighted by atomic mass is 79.9. The first-order valence-corrected chi connectivity index (χ1v) is 6.75. The summed E-state index contributed by atoms with van der Waals surface area (Å²) in [5.41, 5.74) is 0.551. The summed E-state index contributed by atoms with van der Waals surface area (Å²) >= 11 is 3.08. The highest BCUT2D eigenvalue weighted by Gasteiger charge is 2.16. The predicted molar refractivity (Wildman–Crippen MR) is 79.2 cm³/mol. The Labute approximate surface area is 132 Å². The van der Waals surface area contributed by atoms with Gasteiger partial charge in [-0.15, -0.1) is 0 Å². The number of rotatable bonds is 3. The number of aromatic nitrogens is 2. The second-order valence-electron chi connectivity index (χ2n) is 4.12. The Hall–Kier alpha value is -2.73. The molecule has 7 nitrogen and oxygen atoms in total. The van der Waals surface area contributed by atoms with E-state index in [1.54, 1.807) is 0 Å². The van der Waals surface area contributed by atoms with Gasteiger partial charge in [0.2, 0.25) is 0 Å². The maximum atomic E-state index is 12.9. The molecule has 1 aromatic carbocycles. The quantitative estimate of drug-likeness (QED) is 0.811. The Morgan fingerprint density at radius 2 is 2.09 bits per heavy atom. The molecular weight excluding hydrogens is 357 g/mol. The number of nitrogens with zero attached hydrogens (tertiary/aromatic N) is 3. The van der Waals surface area contributed by atoms with Crippen LogP contribution < -0.4 is 10.6 Å². The van der Waals surface area contributed by atoms with Crippen LogP contribution in [-0.2, 0) is 16.1 Å². The van der Waals surface area contributed by atoms with Gasteiger partial charge < -0.3 is 10.6 Å². The van der Waals surface area contributed by atoms with Gasteiger partial charge in [-0.3, -0.25) is 14.3 Å². The zero-order valence-electron chi connectivity index (χ0n) is 11.0. The minimum absolute atomic E-state index is 0.0323. The summed E-state index contributed by atoms with van der Waals surface area (Å²) in [6.07, 6.45) is 2.73. The van der Waals surface area contributed by atoms with Crippen molar-refractivity contribution < 1.29 is 14.0 Å². The number of benzene rings is 1. The van der Waals surface area contributed by atoms with E-state index in [-0.39, 0.29) is 17.9 Å². The van der Waals surface area contributed by atoms with Crippen LogP contribution in [0.25, 0.3) is 0 Å². The fourth-order valence-electron chi connectivity index (χ4n) is 1.54. The predicted octanol–water partition coefficient (Wildman–Crippen LogP) is 1.89. The highest BCUT2D eigenvalue weighted by molar-refractivity contribution is 9.10. The molecule has 0 bridgehead atoms. The molecule has 2 aromatic rings. The number of carbonyl (C=O) groups excluding carboxylic acids is 2. The standard InChI is InChI=1S/C13H9BrFN5O2/c14-10-5-8(15)1-2-11(10)19-13(22)12(21)18-9-6-17-20(7-9)4-3-16/h1-2,5-7H,4H2,(H,18,21)(H,19,22). The van der Waals surface area contributed by atoms with Crippen LogP contribution in [0.3, 0.4) is 0 Å². The lowest BCUT2D eigenvalue weighted by Crippen LogP contribution is -2.29. The molecule has 0 radical (unpaired) electrons. The molecule has 0 atom stereocenters. The van der Waals surface area contributed by atoms with Crippen LogP contribution in [0.5, 0.6) is 0 Å². The average Bonchev–Trinajstić information content (AvgIpc) is 2.89. The van der Waals surface area contributed by atoms with E-state index in [0.29, 0.717) is 4.47 Å². The van der Waals surface area contributed by atoms with Gasteiger partial charge in [0.15, 0.2) is 0 Å². The fraction of sp³-hybridized carbons (Fsp3) is 0.0769. The zero-order valence-corrected chi connectivity index (χ0v) is 12.6. The van der Waals surface area contributed by atoms with Crippen molar-refractivity contribution in [2.24, 2.45) is 0 Å².